The average Bonchev–Trinajstić information content (AvgIpc) is 2.31. The number of hydrogen-bond donors (Lipinski definition) is 1. The number of alkyl halides is 3. The number of nitrogens with two attached hydrogens (primary N) is 1. The molecule has 1 atom stereocenters. The minimum atomic E-state index is -4.62. The first-order valence-electron chi connectivity index (χ1n) is 5.73. The molecule has 2 N–H and O–H groups in total. The Hall–Kier alpha value is -1.63. The molecule has 1 heterocycles. The molecule has 0 radical (unpaired) electrons. The Labute approximate surface area is 107 Å². The molecule has 1 fully saturated rings. The van der Waals surface area contributed by atoms with Gasteiger partial charge in [-0.1, -0.05) is 0 Å². The molecule has 1 saturated heterocycles. The van der Waals surface area contributed by atoms with Crippen molar-refractivity contribution < 1.29 is 22.4 Å². The predicted octanol–water partition coefficient (Wildman–Crippen LogP) is 2.42. The van der Waals surface area contributed by atoms with Gasteiger partial charge in [0.1, 0.15) is 5.82 Å². The summed E-state index contributed by atoms with van der Waals surface area (Å²) in [6, 6.07) is 2.16. The van der Waals surface area contributed by atoms with Gasteiger partial charge in [-0.15, -0.1) is 0 Å². The minimum absolute atomic E-state index is 0.235. The second kappa shape index (κ2) is 4.80. The summed E-state index contributed by atoms with van der Waals surface area (Å²) in [4.78, 5) is 11.8. The average molecular weight is 276 g/mol. The van der Waals surface area contributed by atoms with E-state index in [-0.39, 0.29) is 12.0 Å². The summed E-state index contributed by atoms with van der Waals surface area (Å²) in [7, 11) is 0. The van der Waals surface area contributed by atoms with E-state index in [1.54, 1.807) is 0 Å². The van der Waals surface area contributed by atoms with Crippen LogP contribution in [-0.4, -0.2) is 17.5 Å². The fourth-order valence-corrected chi connectivity index (χ4v) is 2.27. The molecule has 1 unspecified atom stereocenters. The van der Waals surface area contributed by atoms with Crippen molar-refractivity contribution in [3.05, 3.63) is 35.1 Å². The molecule has 104 valence electrons. The zero-order chi connectivity index (χ0) is 14.2. The highest BCUT2D eigenvalue weighted by atomic mass is 19.4. The molecule has 1 amide bonds. The summed E-state index contributed by atoms with van der Waals surface area (Å²) < 4.78 is 51.8. The normalized spacial score (nSPS) is 20.8. The lowest BCUT2D eigenvalue weighted by Crippen LogP contribution is -2.45. The highest BCUT2D eigenvalue weighted by molar-refractivity contribution is 5.84. The summed E-state index contributed by atoms with van der Waals surface area (Å²) in [5.74, 6) is 2.97. The number of piperidine rings is 1. The summed E-state index contributed by atoms with van der Waals surface area (Å²) >= 11 is 0. The Morgan fingerprint density at radius 2 is 2.00 bits per heavy atom. The summed E-state index contributed by atoms with van der Waals surface area (Å²) in [5.41, 5.74) is -1.32. The summed E-state index contributed by atoms with van der Waals surface area (Å²) in [5, 5.41) is 0.888. The second-order valence-corrected chi connectivity index (χ2v) is 4.46. The van der Waals surface area contributed by atoms with Crippen LogP contribution in [0.4, 0.5) is 17.6 Å². The fraction of sp³-hybridized carbons (Fsp3) is 0.417. The van der Waals surface area contributed by atoms with E-state index in [4.69, 9.17) is 5.84 Å². The number of carbonyl (C=O) groups is 1. The van der Waals surface area contributed by atoms with Crippen molar-refractivity contribution in [3.63, 3.8) is 0 Å². The molecule has 1 aromatic carbocycles. The first-order valence-corrected chi connectivity index (χ1v) is 5.73. The molecule has 0 aliphatic carbocycles. The van der Waals surface area contributed by atoms with E-state index < -0.39 is 29.4 Å². The van der Waals surface area contributed by atoms with Crippen LogP contribution in [0.25, 0.3) is 0 Å². The van der Waals surface area contributed by atoms with Crippen molar-refractivity contribution in [2.75, 3.05) is 6.54 Å². The summed E-state index contributed by atoms with van der Waals surface area (Å²) in [6.45, 7) is 0.298. The fourth-order valence-electron chi connectivity index (χ4n) is 2.27. The second-order valence-electron chi connectivity index (χ2n) is 4.46. The van der Waals surface area contributed by atoms with Crippen LogP contribution in [0.5, 0.6) is 0 Å². The van der Waals surface area contributed by atoms with Crippen LogP contribution in [0.3, 0.4) is 0 Å². The number of halogens is 4. The quantitative estimate of drug-likeness (QED) is 0.486. The maximum absolute atomic E-state index is 13.2. The monoisotopic (exact) mass is 276 g/mol. The minimum Gasteiger partial charge on any atom is -0.280 e. The van der Waals surface area contributed by atoms with Crippen LogP contribution < -0.4 is 5.84 Å². The largest absolute Gasteiger partial charge is 0.416 e. The Morgan fingerprint density at radius 1 is 1.32 bits per heavy atom. The standard InChI is InChI=1S/C12H12F4N2O/c13-7-3-4-10(12(14,15)16)9(6-7)8-2-1-5-18(17)11(8)19/h3-4,6,8H,1-2,5,17H2. The van der Waals surface area contributed by atoms with E-state index >= 15 is 0 Å². The SMILES string of the molecule is NN1CCCC(c2cc(F)ccc2C(F)(F)F)C1=O. The van der Waals surface area contributed by atoms with E-state index in [2.05, 4.69) is 0 Å². The Balaban J connectivity index is 2.48. The maximum Gasteiger partial charge on any atom is 0.416 e. The van der Waals surface area contributed by atoms with Gasteiger partial charge in [-0.2, -0.15) is 13.2 Å². The van der Waals surface area contributed by atoms with Gasteiger partial charge in [0.15, 0.2) is 0 Å². The van der Waals surface area contributed by atoms with Crippen LogP contribution >= 0.6 is 0 Å². The van der Waals surface area contributed by atoms with Crippen LogP contribution in [0.2, 0.25) is 0 Å². The van der Waals surface area contributed by atoms with E-state index in [0.717, 1.165) is 17.1 Å². The highest BCUT2D eigenvalue weighted by Crippen LogP contribution is 2.38. The lowest BCUT2D eigenvalue weighted by Gasteiger charge is -2.30. The van der Waals surface area contributed by atoms with E-state index in [9.17, 15) is 22.4 Å². The van der Waals surface area contributed by atoms with Crippen molar-refractivity contribution in [1.29, 1.82) is 0 Å². The van der Waals surface area contributed by atoms with Gasteiger partial charge in [-0.05, 0) is 36.6 Å². The first kappa shape index (κ1) is 13.8. The molecule has 0 bridgehead atoms. The van der Waals surface area contributed by atoms with Crippen molar-refractivity contribution in [3.8, 4) is 0 Å². The molecule has 0 saturated carbocycles. The van der Waals surface area contributed by atoms with Gasteiger partial charge in [-0.25, -0.2) is 10.2 Å². The molecule has 3 nitrogen and oxygen atoms in total. The predicted molar refractivity (Wildman–Crippen MR) is 59.3 cm³/mol. The number of hydrazine groups is 1. The van der Waals surface area contributed by atoms with Crippen molar-refractivity contribution >= 4 is 5.91 Å². The van der Waals surface area contributed by atoms with Crippen LogP contribution in [0.1, 0.15) is 29.9 Å². The molecule has 2 rings (SSSR count). The van der Waals surface area contributed by atoms with Gasteiger partial charge in [0.05, 0.1) is 11.5 Å². The molecular formula is C12H12F4N2O. The maximum atomic E-state index is 13.2. The molecule has 1 aromatic rings. The number of amides is 1. The molecule has 1 aliphatic rings. The number of carbonyl (C=O) groups excluding carboxylic acids is 1. The van der Waals surface area contributed by atoms with Crippen LogP contribution in [-0.2, 0) is 11.0 Å². The Morgan fingerprint density at radius 3 is 2.63 bits per heavy atom. The zero-order valence-corrected chi connectivity index (χ0v) is 9.88. The smallest absolute Gasteiger partial charge is 0.280 e. The molecule has 19 heavy (non-hydrogen) atoms. The lowest BCUT2D eigenvalue weighted by atomic mass is 9.87. The summed E-state index contributed by atoms with van der Waals surface area (Å²) in [6.07, 6.45) is -3.90. The van der Waals surface area contributed by atoms with Gasteiger partial charge in [0, 0.05) is 6.54 Å². The third-order valence-electron chi connectivity index (χ3n) is 3.17. The third kappa shape index (κ3) is 2.70. The molecule has 0 aromatic heterocycles. The van der Waals surface area contributed by atoms with Crippen LogP contribution in [0.15, 0.2) is 18.2 Å². The highest BCUT2D eigenvalue weighted by Gasteiger charge is 2.39. The molecule has 0 spiro atoms. The van der Waals surface area contributed by atoms with Gasteiger partial charge in [-0.3, -0.25) is 9.80 Å². The topological polar surface area (TPSA) is 46.3 Å². The first-order chi connectivity index (χ1) is 8.80. The van der Waals surface area contributed by atoms with E-state index in [1.807, 2.05) is 0 Å². The number of nitrogens with zero attached hydrogens (tertiary/aromatic N) is 1. The van der Waals surface area contributed by atoms with Gasteiger partial charge in [0.2, 0.25) is 5.91 Å². The van der Waals surface area contributed by atoms with Gasteiger partial charge in [0.25, 0.3) is 0 Å². The van der Waals surface area contributed by atoms with E-state index in [1.165, 1.54) is 0 Å². The molecule has 1 aliphatic heterocycles. The number of benzene rings is 1. The third-order valence-corrected chi connectivity index (χ3v) is 3.17. The van der Waals surface area contributed by atoms with Crippen molar-refractivity contribution in [2.45, 2.75) is 24.9 Å². The van der Waals surface area contributed by atoms with Crippen molar-refractivity contribution in [2.24, 2.45) is 5.84 Å². The molecule has 7 heteroatoms. The Kier molecular flexibility index (Phi) is 3.49. The Bertz CT molecular complexity index is 501. The van der Waals surface area contributed by atoms with E-state index in [0.29, 0.717) is 19.0 Å². The number of hydrogen-bond acceptors (Lipinski definition) is 2. The van der Waals surface area contributed by atoms with Gasteiger partial charge < -0.3 is 0 Å². The van der Waals surface area contributed by atoms with Crippen molar-refractivity contribution in [1.82, 2.24) is 5.01 Å². The number of rotatable bonds is 1. The zero-order valence-electron chi connectivity index (χ0n) is 9.88. The molecular weight excluding hydrogens is 264 g/mol. The lowest BCUT2D eigenvalue weighted by molar-refractivity contribution is -0.140. The van der Waals surface area contributed by atoms with Gasteiger partial charge >= 0.3 is 6.18 Å². The van der Waals surface area contributed by atoms with Crippen LogP contribution in [0, 0.1) is 5.82 Å².